The molecule has 4 aromatic rings. The summed E-state index contributed by atoms with van der Waals surface area (Å²) in [6.45, 7) is 0. The van der Waals surface area contributed by atoms with Gasteiger partial charge in [0.15, 0.2) is 11.3 Å². The van der Waals surface area contributed by atoms with E-state index in [1.165, 1.54) is 6.26 Å². The van der Waals surface area contributed by atoms with Gasteiger partial charge in [0.25, 0.3) is 11.8 Å². The number of nitrogens with two attached hydrogens (primary N) is 1. The van der Waals surface area contributed by atoms with Gasteiger partial charge in [-0.3, -0.25) is 24.4 Å². The van der Waals surface area contributed by atoms with Gasteiger partial charge in [0.05, 0.1) is 23.7 Å². The summed E-state index contributed by atoms with van der Waals surface area (Å²) in [6.07, 6.45) is 4.53. The van der Waals surface area contributed by atoms with E-state index < -0.39 is 23.6 Å². The lowest BCUT2D eigenvalue weighted by atomic mass is 10.0. The summed E-state index contributed by atoms with van der Waals surface area (Å²) in [5, 5.41) is 2.53. The normalized spacial score (nSPS) is 11.9. The van der Waals surface area contributed by atoms with Crippen molar-refractivity contribution in [2.24, 2.45) is 5.73 Å². The quantitative estimate of drug-likeness (QED) is 0.420. The van der Waals surface area contributed by atoms with Crippen molar-refractivity contribution < 1.29 is 18.8 Å². The molecule has 4 aromatic heterocycles. The van der Waals surface area contributed by atoms with E-state index in [1.807, 2.05) is 0 Å². The Bertz CT molecular complexity index is 1240. The van der Waals surface area contributed by atoms with Gasteiger partial charge in [-0.05, 0) is 24.3 Å². The zero-order chi connectivity index (χ0) is 21.1. The number of nitrogens with zero attached hydrogens (tertiary/aromatic N) is 4. The van der Waals surface area contributed by atoms with Crippen molar-refractivity contribution in [3.05, 3.63) is 60.2 Å². The molecule has 150 valence electrons. The molecule has 3 N–H and O–H groups in total. The summed E-state index contributed by atoms with van der Waals surface area (Å²) in [5.74, 6) is -2.79. The molecule has 0 aliphatic heterocycles. The first kappa shape index (κ1) is 19.3. The predicted octanol–water partition coefficient (Wildman–Crippen LogP) is 1.14. The number of pyridine rings is 2. The second-order valence-electron chi connectivity index (χ2n) is 6.25. The van der Waals surface area contributed by atoms with E-state index in [4.69, 9.17) is 10.2 Å². The minimum absolute atomic E-state index is 0.00357. The van der Waals surface area contributed by atoms with Crippen LogP contribution in [0.3, 0.4) is 0 Å². The zero-order valence-corrected chi connectivity index (χ0v) is 16.1. The maximum atomic E-state index is 12.9. The van der Waals surface area contributed by atoms with E-state index in [9.17, 15) is 14.4 Å². The van der Waals surface area contributed by atoms with Crippen molar-refractivity contribution in [1.82, 2.24) is 24.0 Å². The average molecular weight is 422 g/mol. The molecule has 0 saturated heterocycles. The molecule has 4 heterocycles. The van der Waals surface area contributed by atoms with Crippen LogP contribution in [0.4, 0.5) is 0 Å². The monoisotopic (exact) mass is 422 g/mol. The van der Waals surface area contributed by atoms with Crippen LogP contribution in [-0.2, 0) is 16.0 Å². The van der Waals surface area contributed by atoms with Crippen LogP contribution < -0.4 is 11.1 Å². The fourth-order valence-corrected chi connectivity index (χ4v) is 3.45. The number of fused-ring (bicyclic) bond motifs is 1. The summed E-state index contributed by atoms with van der Waals surface area (Å²) in [6, 6.07) is 7.36. The van der Waals surface area contributed by atoms with Gasteiger partial charge in [0, 0.05) is 24.4 Å². The lowest BCUT2D eigenvalue weighted by Crippen LogP contribution is -2.47. The lowest BCUT2D eigenvalue weighted by molar-refractivity contribution is -0.137. The molecule has 11 heteroatoms. The molecule has 4 rings (SSSR count). The van der Waals surface area contributed by atoms with Gasteiger partial charge in [-0.25, -0.2) is 0 Å². The molecule has 0 saturated carbocycles. The molecule has 0 aromatic carbocycles. The van der Waals surface area contributed by atoms with Crippen LogP contribution in [0.15, 0.2) is 53.4 Å². The average Bonchev–Trinajstić information content (AvgIpc) is 3.41. The molecular weight excluding hydrogens is 408 g/mol. The molecule has 2 amide bonds. The number of Topliss-reactive ketones (excluding diaryl/α,β-unsaturated/α-hetero) is 1. The predicted molar refractivity (Wildman–Crippen MR) is 106 cm³/mol. The number of carbonyl (C=O) groups excluding carboxylic acids is 3. The molecule has 0 fully saturated rings. The standard InChI is InChI=1S/C19H14N6O4S/c20-18(27)17(26)12(8-10-9-29-13-5-3-7-22-14(10)13)23-19(28)16-15(24-30-25-16)11-4-1-2-6-21-11/h1-7,9,12H,8H2,(H2,20,27)(H,23,28). The number of nitrogens with one attached hydrogen (secondary N) is 1. The highest BCUT2D eigenvalue weighted by Crippen LogP contribution is 2.21. The van der Waals surface area contributed by atoms with Gasteiger partial charge in [-0.15, -0.1) is 0 Å². The molecule has 10 nitrogen and oxygen atoms in total. The fourth-order valence-electron chi connectivity index (χ4n) is 2.90. The van der Waals surface area contributed by atoms with E-state index in [-0.39, 0.29) is 17.8 Å². The van der Waals surface area contributed by atoms with Gasteiger partial charge in [-0.2, -0.15) is 8.75 Å². The molecule has 30 heavy (non-hydrogen) atoms. The van der Waals surface area contributed by atoms with Crippen LogP contribution in [0, 0.1) is 0 Å². The Morgan fingerprint density at radius 1 is 1.10 bits per heavy atom. The highest BCUT2D eigenvalue weighted by atomic mass is 32.1. The van der Waals surface area contributed by atoms with Crippen LogP contribution in [0.5, 0.6) is 0 Å². The van der Waals surface area contributed by atoms with Crippen LogP contribution in [0.25, 0.3) is 22.5 Å². The fraction of sp³-hybridized carbons (Fsp3) is 0.105. The minimum atomic E-state index is -1.23. The van der Waals surface area contributed by atoms with E-state index in [1.54, 1.807) is 42.7 Å². The zero-order valence-electron chi connectivity index (χ0n) is 15.3. The highest BCUT2D eigenvalue weighted by molar-refractivity contribution is 6.99. The van der Waals surface area contributed by atoms with E-state index >= 15 is 0 Å². The Kier molecular flexibility index (Phi) is 5.26. The van der Waals surface area contributed by atoms with Crippen LogP contribution in [0.2, 0.25) is 0 Å². The topological polar surface area (TPSA) is 154 Å². The molecule has 0 aliphatic carbocycles. The van der Waals surface area contributed by atoms with E-state index in [2.05, 4.69) is 24.0 Å². The lowest BCUT2D eigenvalue weighted by Gasteiger charge is -2.15. The van der Waals surface area contributed by atoms with Gasteiger partial charge in [-0.1, -0.05) is 6.07 Å². The number of rotatable bonds is 7. The summed E-state index contributed by atoms with van der Waals surface area (Å²) >= 11 is 0.836. The number of hydrogen-bond donors (Lipinski definition) is 2. The summed E-state index contributed by atoms with van der Waals surface area (Å²) < 4.78 is 13.5. The van der Waals surface area contributed by atoms with Crippen LogP contribution >= 0.6 is 11.7 Å². The number of primary amides is 1. The summed E-state index contributed by atoms with van der Waals surface area (Å²) in [7, 11) is 0. The van der Waals surface area contributed by atoms with Gasteiger partial charge < -0.3 is 15.5 Å². The van der Waals surface area contributed by atoms with Crippen molar-refractivity contribution >= 4 is 40.4 Å². The highest BCUT2D eigenvalue weighted by Gasteiger charge is 2.29. The molecular formula is C19H14N6O4S. The Morgan fingerprint density at radius 2 is 1.93 bits per heavy atom. The number of amides is 2. The van der Waals surface area contributed by atoms with Crippen molar-refractivity contribution in [3.8, 4) is 11.4 Å². The minimum Gasteiger partial charge on any atom is -0.462 e. The first-order valence-electron chi connectivity index (χ1n) is 8.74. The van der Waals surface area contributed by atoms with Gasteiger partial charge >= 0.3 is 0 Å². The molecule has 1 atom stereocenters. The molecule has 0 aliphatic rings. The molecule has 0 spiro atoms. The van der Waals surface area contributed by atoms with Crippen molar-refractivity contribution in [1.29, 1.82) is 0 Å². The SMILES string of the molecule is NC(=O)C(=O)C(Cc1coc2cccnc12)NC(=O)c1nsnc1-c1ccccn1. The maximum absolute atomic E-state index is 12.9. The number of hydrogen-bond acceptors (Lipinski definition) is 9. The summed E-state index contributed by atoms with van der Waals surface area (Å²) in [4.78, 5) is 45.1. The van der Waals surface area contributed by atoms with E-state index in [0.717, 1.165) is 11.7 Å². The van der Waals surface area contributed by atoms with Crippen molar-refractivity contribution in [2.75, 3.05) is 0 Å². The Balaban J connectivity index is 1.62. The van der Waals surface area contributed by atoms with Gasteiger partial charge in [0.2, 0.25) is 5.78 Å². The Labute approximate surface area is 173 Å². The third-order valence-electron chi connectivity index (χ3n) is 4.30. The first-order valence-corrected chi connectivity index (χ1v) is 9.47. The third-order valence-corrected chi connectivity index (χ3v) is 4.83. The first-order chi connectivity index (χ1) is 14.5. The maximum Gasteiger partial charge on any atom is 0.287 e. The molecule has 0 radical (unpaired) electrons. The summed E-state index contributed by atoms with van der Waals surface area (Å²) in [5.41, 5.74) is 7.50. The Hall–Kier alpha value is -3.99. The largest absolute Gasteiger partial charge is 0.462 e. The van der Waals surface area contributed by atoms with Crippen LogP contribution in [-0.4, -0.2) is 42.4 Å². The number of ketones is 1. The van der Waals surface area contributed by atoms with Crippen molar-refractivity contribution in [3.63, 3.8) is 0 Å². The van der Waals surface area contributed by atoms with Crippen LogP contribution in [0.1, 0.15) is 16.1 Å². The number of aromatic nitrogens is 4. The second-order valence-corrected chi connectivity index (χ2v) is 6.77. The van der Waals surface area contributed by atoms with Gasteiger partial charge in [0.1, 0.15) is 17.3 Å². The smallest absolute Gasteiger partial charge is 0.287 e. The van der Waals surface area contributed by atoms with E-state index in [0.29, 0.717) is 22.4 Å². The molecule has 0 bridgehead atoms. The third kappa shape index (κ3) is 3.78. The molecule has 1 unspecified atom stereocenters. The number of furan rings is 1. The van der Waals surface area contributed by atoms with Crippen molar-refractivity contribution in [2.45, 2.75) is 12.5 Å². The second kappa shape index (κ2) is 8.17. The Morgan fingerprint density at radius 3 is 2.70 bits per heavy atom. The number of carbonyl (C=O) groups is 3.